The number of piperidine rings is 1. The van der Waals surface area contributed by atoms with E-state index in [1.165, 1.54) is 12.8 Å². The number of carbonyl (C=O) groups excluding carboxylic acids is 1. The van der Waals surface area contributed by atoms with Gasteiger partial charge in [0.2, 0.25) is 0 Å². The summed E-state index contributed by atoms with van der Waals surface area (Å²) in [4.78, 5) is 22.1. The number of carbonyl (C=O) groups is 1. The molecule has 1 amide bonds. The molecule has 156 valence electrons. The molecule has 7 nitrogen and oxygen atoms in total. The summed E-state index contributed by atoms with van der Waals surface area (Å²) in [5.41, 5.74) is 4.61. The zero-order valence-corrected chi connectivity index (χ0v) is 17.4. The van der Waals surface area contributed by atoms with Gasteiger partial charge in [-0.15, -0.1) is 0 Å². The van der Waals surface area contributed by atoms with Crippen molar-refractivity contribution in [2.45, 2.75) is 31.7 Å². The van der Waals surface area contributed by atoms with E-state index in [-0.39, 0.29) is 11.9 Å². The van der Waals surface area contributed by atoms with Gasteiger partial charge >= 0.3 is 0 Å². The fourth-order valence-electron chi connectivity index (χ4n) is 4.51. The Bertz CT molecular complexity index is 1050. The molecule has 0 spiro atoms. The standard InChI is InChI=1S/C23H28N6O/c1-28-10-6-18(7-11-28)25-23(30)22-20-13-16(4-5-21(20)26-27-22)17-12-19(15-24-14-17)29-8-2-3-9-29/h4-5,12-15,18H,2-3,6-11H2,1H3,(H,25,30)(H,26,27). The number of rotatable bonds is 4. The fraction of sp³-hybridized carbons (Fsp3) is 0.435. The molecule has 4 heterocycles. The summed E-state index contributed by atoms with van der Waals surface area (Å²) >= 11 is 0. The second-order valence-electron chi connectivity index (χ2n) is 8.51. The average molecular weight is 405 g/mol. The highest BCUT2D eigenvalue weighted by atomic mass is 16.2. The molecule has 0 atom stereocenters. The van der Waals surface area contributed by atoms with Crippen molar-refractivity contribution in [1.82, 2.24) is 25.4 Å². The van der Waals surface area contributed by atoms with Crippen molar-refractivity contribution < 1.29 is 4.79 Å². The first-order valence-corrected chi connectivity index (χ1v) is 10.9. The van der Waals surface area contributed by atoms with Gasteiger partial charge in [-0.1, -0.05) is 6.07 Å². The van der Waals surface area contributed by atoms with Gasteiger partial charge in [0.1, 0.15) is 0 Å². The highest BCUT2D eigenvalue weighted by Gasteiger charge is 2.22. The molecule has 0 aliphatic carbocycles. The van der Waals surface area contributed by atoms with E-state index in [1.54, 1.807) is 0 Å². The number of fused-ring (bicyclic) bond motifs is 1. The summed E-state index contributed by atoms with van der Waals surface area (Å²) in [5.74, 6) is -0.100. The largest absolute Gasteiger partial charge is 0.370 e. The maximum Gasteiger partial charge on any atom is 0.272 e. The highest BCUT2D eigenvalue weighted by Crippen LogP contribution is 2.29. The first kappa shape index (κ1) is 19.1. The number of aromatic amines is 1. The van der Waals surface area contributed by atoms with Gasteiger partial charge in [0.25, 0.3) is 5.91 Å². The van der Waals surface area contributed by atoms with Crippen LogP contribution in [0.15, 0.2) is 36.7 Å². The number of amides is 1. The summed E-state index contributed by atoms with van der Waals surface area (Å²) < 4.78 is 0. The van der Waals surface area contributed by atoms with Crippen LogP contribution in [0.2, 0.25) is 0 Å². The van der Waals surface area contributed by atoms with Crippen molar-refractivity contribution >= 4 is 22.5 Å². The quantitative estimate of drug-likeness (QED) is 0.699. The van der Waals surface area contributed by atoms with Gasteiger partial charge in [-0.3, -0.25) is 14.9 Å². The number of benzene rings is 1. The maximum absolute atomic E-state index is 12.9. The van der Waals surface area contributed by atoms with Gasteiger partial charge in [-0.2, -0.15) is 5.10 Å². The Morgan fingerprint density at radius 3 is 2.67 bits per heavy atom. The van der Waals surface area contributed by atoms with E-state index in [9.17, 15) is 4.79 Å². The number of nitrogens with one attached hydrogen (secondary N) is 2. The molecule has 1 aromatic carbocycles. The number of hydrogen-bond acceptors (Lipinski definition) is 5. The van der Waals surface area contributed by atoms with Crippen LogP contribution in [-0.2, 0) is 0 Å². The normalized spacial score (nSPS) is 18.2. The maximum atomic E-state index is 12.9. The SMILES string of the molecule is CN1CCC(NC(=O)c2n[nH]c3ccc(-c4cncc(N5CCCC5)c4)cc23)CC1. The van der Waals surface area contributed by atoms with Crippen LogP contribution < -0.4 is 10.2 Å². The van der Waals surface area contributed by atoms with Crippen LogP contribution in [0.4, 0.5) is 5.69 Å². The number of hydrogen-bond donors (Lipinski definition) is 2. The van der Waals surface area contributed by atoms with Gasteiger partial charge in [0, 0.05) is 36.3 Å². The molecule has 30 heavy (non-hydrogen) atoms. The first-order valence-electron chi connectivity index (χ1n) is 10.9. The van der Waals surface area contributed by atoms with Crippen molar-refractivity contribution in [3.8, 4) is 11.1 Å². The van der Waals surface area contributed by atoms with Crippen molar-refractivity contribution in [3.63, 3.8) is 0 Å². The second-order valence-corrected chi connectivity index (χ2v) is 8.51. The Morgan fingerprint density at radius 1 is 1.07 bits per heavy atom. The van der Waals surface area contributed by atoms with Crippen LogP contribution in [-0.4, -0.2) is 65.3 Å². The van der Waals surface area contributed by atoms with Crippen LogP contribution in [0, 0.1) is 0 Å². The van der Waals surface area contributed by atoms with Crippen LogP contribution in [0.1, 0.15) is 36.2 Å². The molecule has 2 fully saturated rings. The molecule has 2 aliphatic heterocycles. The van der Waals surface area contributed by atoms with E-state index in [0.717, 1.165) is 66.7 Å². The van der Waals surface area contributed by atoms with Crippen LogP contribution in [0.5, 0.6) is 0 Å². The molecular weight excluding hydrogens is 376 g/mol. The van der Waals surface area contributed by atoms with Crippen molar-refractivity contribution in [2.75, 3.05) is 38.1 Å². The molecule has 5 rings (SSSR count). The van der Waals surface area contributed by atoms with E-state index < -0.39 is 0 Å². The first-order chi connectivity index (χ1) is 14.7. The Hall–Kier alpha value is -2.93. The van der Waals surface area contributed by atoms with Gasteiger partial charge in [-0.25, -0.2) is 0 Å². The van der Waals surface area contributed by atoms with E-state index in [4.69, 9.17) is 0 Å². The Morgan fingerprint density at radius 2 is 1.87 bits per heavy atom. The van der Waals surface area contributed by atoms with E-state index >= 15 is 0 Å². The Labute approximate surface area is 176 Å². The lowest BCUT2D eigenvalue weighted by molar-refractivity contribution is 0.0913. The molecule has 0 bridgehead atoms. The number of likely N-dealkylation sites (tertiary alicyclic amines) is 1. The summed E-state index contributed by atoms with van der Waals surface area (Å²) in [7, 11) is 2.12. The summed E-state index contributed by atoms with van der Waals surface area (Å²) in [6.45, 7) is 4.20. The zero-order valence-electron chi connectivity index (χ0n) is 17.4. The van der Waals surface area contributed by atoms with Gasteiger partial charge < -0.3 is 15.1 Å². The summed E-state index contributed by atoms with van der Waals surface area (Å²) in [6.07, 6.45) is 8.25. The third-order valence-electron chi connectivity index (χ3n) is 6.36. The molecule has 0 radical (unpaired) electrons. The predicted octanol–water partition coefficient (Wildman–Crippen LogP) is 3.05. The third-order valence-corrected chi connectivity index (χ3v) is 6.36. The predicted molar refractivity (Wildman–Crippen MR) is 119 cm³/mol. The summed E-state index contributed by atoms with van der Waals surface area (Å²) in [6, 6.07) is 8.51. The molecular formula is C23H28N6O. The number of nitrogens with zero attached hydrogens (tertiary/aromatic N) is 4. The minimum Gasteiger partial charge on any atom is -0.370 e. The van der Waals surface area contributed by atoms with E-state index in [0.29, 0.717) is 5.69 Å². The Balaban J connectivity index is 1.40. The molecule has 2 N–H and O–H groups in total. The lowest BCUT2D eigenvalue weighted by Gasteiger charge is -2.29. The van der Waals surface area contributed by atoms with E-state index in [1.807, 2.05) is 24.5 Å². The van der Waals surface area contributed by atoms with Gasteiger partial charge in [-0.05, 0) is 69.6 Å². The van der Waals surface area contributed by atoms with Gasteiger partial charge in [0.05, 0.1) is 17.4 Å². The topological polar surface area (TPSA) is 77.1 Å². The van der Waals surface area contributed by atoms with Crippen molar-refractivity contribution in [3.05, 3.63) is 42.4 Å². The lowest BCUT2D eigenvalue weighted by atomic mass is 10.0. The van der Waals surface area contributed by atoms with Crippen molar-refractivity contribution in [1.29, 1.82) is 0 Å². The molecule has 3 aromatic rings. The van der Waals surface area contributed by atoms with Crippen molar-refractivity contribution in [2.24, 2.45) is 0 Å². The minimum atomic E-state index is -0.100. The average Bonchev–Trinajstić information content (AvgIpc) is 3.45. The third kappa shape index (κ3) is 3.77. The minimum absolute atomic E-state index is 0.100. The molecule has 2 saturated heterocycles. The smallest absolute Gasteiger partial charge is 0.272 e. The zero-order chi connectivity index (χ0) is 20.5. The number of H-pyrrole nitrogens is 1. The monoisotopic (exact) mass is 404 g/mol. The van der Waals surface area contributed by atoms with Crippen LogP contribution in [0.3, 0.4) is 0 Å². The molecule has 7 heteroatoms. The molecule has 2 aliphatic rings. The molecule has 0 saturated carbocycles. The Kier molecular flexibility index (Phi) is 5.12. The summed E-state index contributed by atoms with van der Waals surface area (Å²) in [5, 5.41) is 11.3. The number of pyridine rings is 1. The highest BCUT2D eigenvalue weighted by molar-refractivity contribution is 6.05. The van der Waals surface area contributed by atoms with E-state index in [2.05, 4.69) is 49.5 Å². The van der Waals surface area contributed by atoms with Crippen LogP contribution >= 0.6 is 0 Å². The van der Waals surface area contributed by atoms with Crippen LogP contribution in [0.25, 0.3) is 22.0 Å². The number of anilines is 1. The molecule has 2 aromatic heterocycles. The number of aromatic nitrogens is 3. The van der Waals surface area contributed by atoms with Gasteiger partial charge in [0.15, 0.2) is 5.69 Å². The fourth-order valence-corrected chi connectivity index (χ4v) is 4.51. The lowest BCUT2D eigenvalue weighted by Crippen LogP contribution is -2.43. The second kappa shape index (κ2) is 8.07. The molecule has 0 unspecified atom stereocenters.